The molecule has 0 radical (unpaired) electrons. The monoisotopic (exact) mass is 359 g/mol. The van der Waals surface area contributed by atoms with Crippen LogP contribution in [0.15, 0.2) is 12.3 Å². The minimum Gasteiger partial charge on any atom is -0.481 e. The van der Waals surface area contributed by atoms with E-state index in [1.807, 2.05) is 0 Å². The topological polar surface area (TPSA) is 84.2 Å². The highest BCUT2D eigenvalue weighted by atomic mass is 16.4. The number of nitrogens with one attached hydrogen (secondary N) is 1. The molecular weight excluding hydrogens is 330 g/mol. The van der Waals surface area contributed by atoms with E-state index in [4.69, 9.17) is 5.11 Å². The van der Waals surface area contributed by atoms with Gasteiger partial charge in [-0.25, -0.2) is 0 Å². The third-order valence-corrected chi connectivity index (χ3v) is 6.97. The zero-order valence-corrected chi connectivity index (χ0v) is 15.5. The average Bonchev–Trinajstić information content (AvgIpc) is 3.05. The average molecular weight is 359 g/mol. The standard InChI is InChI=1S/C20H29N3O3/c1-2-17(20-10-13-7-14(11-20)9-15(8-13)12-20)21-19(26)16-3-5-23(22-16)6-4-18(24)25/h3,5,13-15,17H,2,4,6-12H2,1H3,(H,21,26)(H,24,25). The lowest BCUT2D eigenvalue weighted by Crippen LogP contribution is -2.56. The Morgan fingerprint density at radius 2 is 1.88 bits per heavy atom. The molecule has 0 aliphatic heterocycles. The van der Waals surface area contributed by atoms with Crippen molar-refractivity contribution in [1.29, 1.82) is 0 Å². The normalized spacial score (nSPS) is 33.2. The van der Waals surface area contributed by atoms with Gasteiger partial charge in [-0.1, -0.05) is 6.92 Å². The van der Waals surface area contributed by atoms with Crippen LogP contribution in [0.5, 0.6) is 0 Å². The van der Waals surface area contributed by atoms with Gasteiger partial charge in [0, 0.05) is 12.2 Å². The zero-order chi connectivity index (χ0) is 18.3. The van der Waals surface area contributed by atoms with Crippen LogP contribution in [-0.2, 0) is 11.3 Å². The number of amides is 1. The molecule has 26 heavy (non-hydrogen) atoms. The molecule has 4 bridgehead atoms. The molecule has 6 nitrogen and oxygen atoms in total. The molecule has 4 saturated carbocycles. The zero-order valence-electron chi connectivity index (χ0n) is 15.5. The fraction of sp³-hybridized carbons (Fsp3) is 0.750. The summed E-state index contributed by atoms with van der Waals surface area (Å²) in [5.74, 6) is 1.60. The smallest absolute Gasteiger partial charge is 0.305 e. The van der Waals surface area contributed by atoms with Crippen molar-refractivity contribution in [2.75, 3.05) is 0 Å². The van der Waals surface area contributed by atoms with E-state index in [0.717, 1.165) is 24.2 Å². The highest BCUT2D eigenvalue weighted by Crippen LogP contribution is 2.61. The Morgan fingerprint density at radius 3 is 2.42 bits per heavy atom. The lowest BCUT2D eigenvalue weighted by Gasteiger charge is -2.59. The molecule has 1 atom stereocenters. The molecule has 4 aliphatic rings. The second kappa shape index (κ2) is 6.71. The molecule has 142 valence electrons. The Morgan fingerprint density at radius 1 is 1.27 bits per heavy atom. The van der Waals surface area contributed by atoms with Gasteiger partial charge in [-0.15, -0.1) is 0 Å². The quantitative estimate of drug-likeness (QED) is 0.783. The number of hydrogen-bond acceptors (Lipinski definition) is 3. The van der Waals surface area contributed by atoms with E-state index in [1.165, 1.54) is 43.2 Å². The Labute approximate surface area is 154 Å². The van der Waals surface area contributed by atoms with Crippen molar-refractivity contribution in [2.24, 2.45) is 23.2 Å². The first-order valence-electron chi connectivity index (χ1n) is 10.0. The fourth-order valence-corrected chi connectivity index (χ4v) is 6.34. The second-order valence-electron chi connectivity index (χ2n) is 8.82. The molecule has 0 aromatic carbocycles. The third-order valence-electron chi connectivity index (χ3n) is 6.97. The molecule has 1 heterocycles. The Kier molecular flexibility index (Phi) is 4.53. The number of nitrogens with zero attached hydrogens (tertiary/aromatic N) is 2. The molecule has 5 rings (SSSR count). The van der Waals surface area contributed by atoms with Crippen molar-refractivity contribution in [1.82, 2.24) is 15.1 Å². The lowest BCUT2D eigenvalue weighted by molar-refractivity contribution is -0.137. The summed E-state index contributed by atoms with van der Waals surface area (Å²) in [5, 5.41) is 16.3. The van der Waals surface area contributed by atoms with Gasteiger partial charge in [0.2, 0.25) is 0 Å². The van der Waals surface area contributed by atoms with Gasteiger partial charge in [-0.3, -0.25) is 14.3 Å². The van der Waals surface area contributed by atoms with Crippen molar-refractivity contribution in [2.45, 2.75) is 70.9 Å². The van der Waals surface area contributed by atoms with Crippen LogP contribution in [0.1, 0.15) is 68.8 Å². The molecule has 4 aliphatic carbocycles. The van der Waals surface area contributed by atoms with Gasteiger partial charge in [0.15, 0.2) is 0 Å². The summed E-state index contributed by atoms with van der Waals surface area (Å²) in [7, 11) is 0. The van der Waals surface area contributed by atoms with E-state index in [1.54, 1.807) is 12.3 Å². The summed E-state index contributed by atoms with van der Waals surface area (Å²) in [5.41, 5.74) is 0.670. The van der Waals surface area contributed by atoms with Crippen molar-refractivity contribution < 1.29 is 14.7 Å². The van der Waals surface area contributed by atoms with Crippen molar-refractivity contribution in [3.8, 4) is 0 Å². The maximum absolute atomic E-state index is 12.8. The summed E-state index contributed by atoms with van der Waals surface area (Å²) in [6, 6.07) is 1.90. The van der Waals surface area contributed by atoms with Crippen LogP contribution in [-0.4, -0.2) is 32.8 Å². The maximum atomic E-state index is 12.8. The number of carbonyl (C=O) groups is 2. The molecule has 1 unspecified atom stereocenters. The highest BCUT2D eigenvalue weighted by molar-refractivity contribution is 5.92. The van der Waals surface area contributed by atoms with Crippen molar-refractivity contribution in [3.63, 3.8) is 0 Å². The van der Waals surface area contributed by atoms with E-state index >= 15 is 0 Å². The molecule has 1 aromatic rings. The molecule has 4 fully saturated rings. The summed E-state index contributed by atoms with van der Waals surface area (Å²) >= 11 is 0. The van der Waals surface area contributed by atoms with E-state index in [2.05, 4.69) is 17.3 Å². The number of hydrogen-bond donors (Lipinski definition) is 2. The van der Waals surface area contributed by atoms with Gasteiger partial charge in [0.1, 0.15) is 5.69 Å². The van der Waals surface area contributed by atoms with E-state index < -0.39 is 5.97 Å². The van der Waals surface area contributed by atoms with Crippen LogP contribution in [0.25, 0.3) is 0 Å². The van der Waals surface area contributed by atoms with Gasteiger partial charge < -0.3 is 10.4 Å². The molecule has 1 amide bonds. The Balaban J connectivity index is 1.43. The summed E-state index contributed by atoms with van der Waals surface area (Å²) in [4.78, 5) is 23.4. The SMILES string of the molecule is CCC(NC(=O)c1ccn(CCC(=O)O)n1)C12CC3CC(CC(C3)C1)C2. The van der Waals surface area contributed by atoms with Gasteiger partial charge in [-0.05, 0) is 74.2 Å². The van der Waals surface area contributed by atoms with E-state index in [0.29, 0.717) is 5.69 Å². The maximum Gasteiger partial charge on any atom is 0.305 e. The van der Waals surface area contributed by atoms with Crippen LogP contribution in [0.4, 0.5) is 0 Å². The van der Waals surface area contributed by atoms with Gasteiger partial charge >= 0.3 is 5.97 Å². The number of carboxylic acid groups (broad SMARTS) is 1. The number of aliphatic carboxylic acids is 1. The number of carboxylic acids is 1. The summed E-state index contributed by atoms with van der Waals surface area (Å²) in [6.07, 6.45) is 10.7. The number of aromatic nitrogens is 2. The van der Waals surface area contributed by atoms with Crippen LogP contribution in [0, 0.1) is 23.2 Å². The fourth-order valence-electron chi connectivity index (χ4n) is 6.34. The number of carbonyl (C=O) groups excluding carboxylic acids is 1. The highest BCUT2D eigenvalue weighted by Gasteiger charge is 2.54. The third kappa shape index (κ3) is 3.26. The molecule has 1 aromatic heterocycles. The van der Waals surface area contributed by atoms with Crippen LogP contribution < -0.4 is 5.32 Å². The predicted octanol–water partition coefficient (Wildman–Crippen LogP) is 3.08. The van der Waals surface area contributed by atoms with Gasteiger partial charge in [-0.2, -0.15) is 5.10 Å². The number of aryl methyl sites for hydroxylation is 1. The first kappa shape index (κ1) is 17.6. The Bertz CT molecular complexity index is 661. The van der Waals surface area contributed by atoms with Crippen LogP contribution >= 0.6 is 0 Å². The second-order valence-corrected chi connectivity index (χ2v) is 8.82. The first-order chi connectivity index (χ1) is 12.5. The van der Waals surface area contributed by atoms with Crippen molar-refractivity contribution in [3.05, 3.63) is 18.0 Å². The molecular formula is C20H29N3O3. The molecule has 0 spiro atoms. The first-order valence-corrected chi connectivity index (χ1v) is 10.0. The van der Waals surface area contributed by atoms with Gasteiger partial charge in [0.05, 0.1) is 13.0 Å². The van der Waals surface area contributed by atoms with Crippen molar-refractivity contribution >= 4 is 11.9 Å². The largest absolute Gasteiger partial charge is 0.481 e. The summed E-state index contributed by atoms with van der Waals surface area (Å²) in [6.45, 7) is 2.46. The summed E-state index contributed by atoms with van der Waals surface area (Å²) < 4.78 is 1.54. The van der Waals surface area contributed by atoms with E-state index in [-0.39, 0.29) is 30.3 Å². The predicted molar refractivity (Wildman–Crippen MR) is 96.6 cm³/mol. The number of rotatable bonds is 7. The van der Waals surface area contributed by atoms with E-state index in [9.17, 15) is 9.59 Å². The minimum atomic E-state index is -0.862. The molecule has 0 saturated heterocycles. The Hall–Kier alpha value is -1.85. The van der Waals surface area contributed by atoms with Crippen LogP contribution in [0.2, 0.25) is 0 Å². The van der Waals surface area contributed by atoms with Crippen LogP contribution in [0.3, 0.4) is 0 Å². The molecule has 2 N–H and O–H groups in total. The van der Waals surface area contributed by atoms with Gasteiger partial charge in [0.25, 0.3) is 5.91 Å². The minimum absolute atomic E-state index is 0.00754. The lowest BCUT2D eigenvalue weighted by atomic mass is 9.47. The molecule has 6 heteroatoms.